The summed E-state index contributed by atoms with van der Waals surface area (Å²) in [5.41, 5.74) is 1.35. The molecule has 1 aromatic heterocycles. The average molecular weight is 265 g/mol. The minimum atomic E-state index is -0.0950. The van der Waals surface area contributed by atoms with Gasteiger partial charge in [0.25, 0.3) is 5.91 Å². The maximum absolute atomic E-state index is 11.8. The van der Waals surface area contributed by atoms with E-state index in [1.165, 1.54) is 4.90 Å². The number of hydrogen-bond acceptors (Lipinski definition) is 4. The Bertz CT molecular complexity index is 401. The third-order valence-electron chi connectivity index (χ3n) is 2.76. The van der Waals surface area contributed by atoms with E-state index in [4.69, 9.17) is 4.74 Å². The normalized spacial score (nSPS) is 12.0. The van der Waals surface area contributed by atoms with Crippen molar-refractivity contribution in [2.75, 3.05) is 33.1 Å². The van der Waals surface area contributed by atoms with Crippen molar-refractivity contribution in [3.8, 4) is 0 Å². The third kappa shape index (κ3) is 4.87. The number of pyridine rings is 1. The maximum atomic E-state index is 11.8. The van der Waals surface area contributed by atoms with Gasteiger partial charge in [0.15, 0.2) is 0 Å². The van der Waals surface area contributed by atoms with Gasteiger partial charge in [0.05, 0.1) is 6.61 Å². The molecule has 1 N–H and O–H groups in total. The number of rotatable bonds is 7. The Balaban J connectivity index is 2.77. The number of anilines is 1. The van der Waals surface area contributed by atoms with Crippen LogP contribution in [0.4, 0.5) is 5.69 Å². The van der Waals surface area contributed by atoms with Crippen molar-refractivity contribution in [1.29, 1.82) is 0 Å². The highest BCUT2D eigenvalue weighted by atomic mass is 16.5. The van der Waals surface area contributed by atoms with E-state index in [9.17, 15) is 4.79 Å². The van der Waals surface area contributed by atoms with Crippen molar-refractivity contribution < 1.29 is 9.53 Å². The van der Waals surface area contributed by atoms with E-state index in [0.29, 0.717) is 12.3 Å². The zero-order chi connectivity index (χ0) is 14.3. The molecule has 1 atom stereocenters. The van der Waals surface area contributed by atoms with Gasteiger partial charge in [-0.2, -0.15) is 0 Å². The Morgan fingerprint density at radius 3 is 2.84 bits per heavy atom. The van der Waals surface area contributed by atoms with Crippen LogP contribution in [0.15, 0.2) is 18.3 Å². The van der Waals surface area contributed by atoms with E-state index >= 15 is 0 Å². The van der Waals surface area contributed by atoms with E-state index in [-0.39, 0.29) is 11.9 Å². The number of methoxy groups -OCH3 is 1. The van der Waals surface area contributed by atoms with Crippen LogP contribution in [0.2, 0.25) is 0 Å². The molecule has 1 unspecified atom stereocenters. The molecular formula is C14H23N3O2. The topological polar surface area (TPSA) is 54.5 Å². The Hall–Kier alpha value is -1.62. The van der Waals surface area contributed by atoms with Gasteiger partial charge in [0.1, 0.15) is 5.69 Å². The summed E-state index contributed by atoms with van der Waals surface area (Å²) in [7, 11) is 5.13. The van der Waals surface area contributed by atoms with Crippen molar-refractivity contribution >= 4 is 11.6 Å². The molecule has 1 aromatic rings. The molecule has 19 heavy (non-hydrogen) atoms. The van der Waals surface area contributed by atoms with Gasteiger partial charge in [-0.1, -0.05) is 13.3 Å². The molecule has 0 aromatic carbocycles. The lowest BCUT2D eigenvalue weighted by Crippen LogP contribution is -2.26. The van der Waals surface area contributed by atoms with Crippen LogP contribution in [0.25, 0.3) is 0 Å². The van der Waals surface area contributed by atoms with E-state index in [1.54, 1.807) is 33.5 Å². The SMILES string of the molecule is CCCC(COC)Nc1ccnc(C(=O)N(C)C)c1. The van der Waals surface area contributed by atoms with Crippen molar-refractivity contribution in [3.63, 3.8) is 0 Å². The summed E-state index contributed by atoms with van der Waals surface area (Å²) >= 11 is 0. The molecule has 0 bridgehead atoms. The van der Waals surface area contributed by atoms with Crippen LogP contribution in [-0.2, 0) is 4.74 Å². The first-order valence-electron chi connectivity index (χ1n) is 6.51. The Morgan fingerprint density at radius 1 is 1.53 bits per heavy atom. The fourth-order valence-corrected chi connectivity index (χ4v) is 1.85. The number of carbonyl (C=O) groups excluding carboxylic acids is 1. The largest absolute Gasteiger partial charge is 0.383 e. The number of nitrogens with zero attached hydrogens (tertiary/aromatic N) is 2. The van der Waals surface area contributed by atoms with Crippen LogP contribution < -0.4 is 5.32 Å². The van der Waals surface area contributed by atoms with Crippen LogP contribution in [0.3, 0.4) is 0 Å². The van der Waals surface area contributed by atoms with E-state index in [1.807, 2.05) is 6.07 Å². The first-order valence-corrected chi connectivity index (χ1v) is 6.51. The maximum Gasteiger partial charge on any atom is 0.272 e. The van der Waals surface area contributed by atoms with Crippen molar-refractivity contribution in [1.82, 2.24) is 9.88 Å². The molecule has 5 heteroatoms. The van der Waals surface area contributed by atoms with Gasteiger partial charge in [-0.3, -0.25) is 9.78 Å². The quantitative estimate of drug-likeness (QED) is 0.819. The summed E-state index contributed by atoms with van der Waals surface area (Å²) < 4.78 is 5.19. The lowest BCUT2D eigenvalue weighted by atomic mass is 10.1. The second-order valence-electron chi connectivity index (χ2n) is 4.71. The smallest absolute Gasteiger partial charge is 0.272 e. The molecule has 1 amide bonds. The minimum absolute atomic E-state index is 0.0950. The van der Waals surface area contributed by atoms with Crippen molar-refractivity contribution in [2.24, 2.45) is 0 Å². The molecule has 1 heterocycles. The fraction of sp³-hybridized carbons (Fsp3) is 0.571. The highest BCUT2D eigenvalue weighted by Gasteiger charge is 2.12. The molecule has 0 spiro atoms. The van der Waals surface area contributed by atoms with Gasteiger partial charge in [-0.15, -0.1) is 0 Å². The van der Waals surface area contributed by atoms with Gasteiger partial charge in [0, 0.05) is 39.1 Å². The molecular weight excluding hydrogens is 242 g/mol. The molecule has 5 nitrogen and oxygen atoms in total. The number of ether oxygens (including phenoxy) is 1. The minimum Gasteiger partial charge on any atom is -0.383 e. The first-order chi connectivity index (χ1) is 9.08. The predicted octanol–water partition coefficient (Wildman–Crippen LogP) is 2.01. The van der Waals surface area contributed by atoms with Gasteiger partial charge in [-0.05, 0) is 18.6 Å². The van der Waals surface area contributed by atoms with Crippen LogP contribution in [0.5, 0.6) is 0 Å². The molecule has 0 fully saturated rings. The van der Waals surface area contributed by atoms with Gasteiger partial charge in [-0.25, -0.2) is 0 Å². The van der Waals surface area contributed by atoms with Crippen molar-refractivity contribution in [2.45, 2.75) is 25.8 Å². The summed E-state index contributed by atoms with van der Waals surface area (Å²) in [5.74, 6) is -0.0950. The molecule has 0 saturated carbocycles. The molecule has 0 aliphatic heterocycles. The molecule has 1 rings (SSSR count). The average Bonchev–Trinajstić information content (AvgIpc) is 2.38. The molecule has 0 radical (unpaired) electrons. The Morgan fingerprint density at radius 2 is 2.26 bits per heavy atom. The number of hydrogen-bond donors (Lipinski definition) is 1. The Kier molecular flexibility index (Phi) is 6.29. The second-order valence-corrected chi connectivity index (χ2v) is 4.71. The Labute approximate surface area is 115 Å². The van der Waals surface area contributed by atoms with Gasteiger partial charge >= 0.3 is 0 Å². The summed E-state index contributed by atoms with van der Waals surface area (Å²) in [6.07, 6.45) is 3.75. The third-order valence-corrected chi connectivity index (χ3v) is 2.76. The fourth-order valence-electron chi connectivity index (χ4n) is 1.85. The zero-order valence-corrected chi connectivity index (χ0v) is 12.1. The summed E-state index contributed by atoms with van der Waals surface area (Å²) in [6.45, 7) is 2.78. The summed E-state index contributed by atoms with van der Waals surface area (Å²) in [6, 6.07) is 3.89. The number of carbonyl (C=O) groups is 1. The number of nitrogens with one attached hydrogen (secondary N) is 1. The number of amides is 1. The van der Waals surface area contributed by atoms with Crippen LogP contribution >= 0.6 is 0 Å². The molecule has 0 aliphatic carbocycles. The van der Waals surface area contributed by atoms with Gasteiger partial charge in [0.2, 0.25) is 0 Å². The van der Waals surface area contributed by atoms with Crippen LogP contribution in [0, 0.1) is 0 Å². The lowest BCUT2D eigenvalue weighted by Gasteiger charge is -2.19. The summed E-state index contributed by atoms with van der Waals surface area (Å²) in [4.78, 5) is 17.5. The zero-order valence-electron chi connectivity index (χ0n) is 12.1. The van der Waals surface area contributed by atoms with Crippen LogP contribution in [-0.4, -0.2) is 49.6 Å². The molecule has 106 valence electrons. The van der Waals surface area contributed by atoms with Crippen LogP contribution in [0.1, 0.15) is 30.3 Å². The van der Waals surface area contributed by atoms with E-state index in [0.717, 1.165) is 18.5 Å². The van der Waals surface area contributed by atoms with Crippen molar-refractivity contribution in [3.05, 3.63) is 24.0 Å². The monoisotopic (exact) mass is 265 g/mol. The predicted molar refractivity (Wildman–Crippen MR) is 76.4 cm³/mol. The van der Waals surface area contributed by atoms with E-state index < -0.39 is 0 Å². The highest BCUT2D eigenvalue weighted by Crippen LogP contribution is 2.13. The number of aromatic nitrogens is 1. The first kappa shape index (κ1) is 15.4. The lowest BCUT2D eigenvalue weighted by molar-refractivity contribution is 0.0822. The standard InChI is InChI=1S/C14H23N3O2/c1-5-6-12(10-19-4)16-11-7-8-15-13(9-11)14(18)17(2)3/h7-9,12H,5-6,10H2,1-4H3,(H,15,16). The summed E-state index contributed by atoms with van der Waals surface area (Å²) in [5, 5.41) is 3.38. The second kappa shape index (κ2) is 7.74. The molecule has 0 aliphatic rings. The van der Waals surface area contributed by atoms with Gasteiger partial charge < -0.3 is 15.0 Å². The molecule has 0 saturated heterocycles. The highest BCUT2D eigenvalue weighted by molar-refractivity contribution is 5.92. The van der Waals surface area contributed by atoms with E-state index in [2.05, 4.69) is 17.2 Å².